The fourth-order valence-corrected chi connectivity index (χ4v) is 2.00. The van der Waals surface area contributed by atoms with Crippen LogP contribution in [0.2, 0.25) is 0 Å². The summed E-state index contributed by atoms with van der Waals surface area (Å²) in [5.74, 6) is -1.08. The summed E-state index contributed by atoms with van der Waals surface area (Å²) < 4.78 is 2.00. The molecule has 20 heavy (non-hydrogen) atoms. The van der Waals surface area contributed by atoms with Crippen LogP contribution in [-0.2, 0) is 0 Å². The number of aromatic carboxylic acids is 1. The molecule has 102 valence electrons. The van der Waals surface area contributed by atoms with Gasteiger partial charge in [-0.15, -0.1) is 0 Å². The molecule has 0 aromatic carbocycles. The van der Waals surface area contributed by atoms with Gasteiger partial charge < -0.3 is 5.11 Å². The summed E-state index contributed by atoms with van der Waals surface area (Å²) in [6, 6.07) is 2.50. The zero-order chi connectivity index (χ0) is 13.9. The Bertz CT molecular complexity index is 641. The summed E-state index contributed by atoms with van der Waals surface area (Å²) in [7, 11) is 0. The van der Waals surface area contributed by atoms with Crippen molar-refractivity contribution in [3.8, 4) is 0 Å². The van der Waals surface area contributed by atoms with Gasteiger partial charge in [-0.05, 0) is 37.5 Å². The van der Waals surface area contributed by atoms with Crippen molar-refractivity contribution in [2.75, 3.05) is 0 Å². The van der Waals surface area contributed by atoms with Crippen LogP contribution in [0.1, 0.15) is 47.2 Å². The Morgan fingerprint density at radius 3 is 2.65 bits per heavy atom. The Balaban J connectivity index is 1.69. The number of carboxylic acids is 1. The van der Waals surface area contributed by atoms with Crippen LogP contribution >= 0.6 is 0 Å². The zero-order valence-electron chi connectivity index (χ0n) is 10.8. The monoisotopic (exact) mass is 270 g/mol. The van der Waals surface area contributed by atoms with Gasteiger partial charge in [0.25, 0.3) is 0 Å². The highest BCUT2D eigenvalue weighted by Crippen LogP contribution is 2.30. The van der Waals surface area contributed by atoms with Gasteiger partial charge >= 0.3 is 5.97 Å². The van der Waals surface area contributed by atoms with Crippen LogP contribution in [0.5, 0.6) is 0 Å². The maximum atomic E-state index is 10.7. The van der Waals surface area contributed by atoms with Crippen LogP contribution in [0.15, 0.2) is 24.7 Å². The molecule has 6 nitrogen and oxygen atoms in total. The molecule has 0 spiro atoms. The van der Waals surface area contributed by atoms with Crippen molar-refractivity contribution in [3.05, 3.63) is 41.7 Å². The highest BCUT2D eigenvalue weighted by atomic mass is 16.4. The minimum absolute atomic E-state index is 0.0589. The smallest absolute Gasteiger partial charge is 0.356 e. The molecule has 2 aromatic rings. The van der Waals surface area contributed by atoms with E-state index in [0.29, 0.717) is 11.7 Å². The molecule has 1 aliphatic rings. The molecule has 2 aromatic heterocycles. The van der Waals surface area contributed by atoms with Crippen molar-refractivity contribution >= 4 is 18.1 Å². The van der Waals surface area contributed by atoms with Gasteiger partial charge in [-0.2, -0.15) is 5.10 Å². The number of hydrogen-bond donors (Lipinski definition) is 1. The summed E-state index contributed by atoms with van der Waals surface area (Å²) in [6.45, 7) is 0. The molecule has 1 aliphatic carbocycles. The van der Waals surface area contributed by atoms with E-state index < -0.39 is 5.97 Å². The van der Waals surface area contributed by atoms with Crippen molar-refractivity contribution < 1.29 is 9.90 Å². The maximum Gasteiger partial charge on any atom is 0.356 e. The van der Waals surface area contributed by atoms with Gasteiger partial charge in [0, 0.05) is 6.20 Å². The lowest BCUT2D eigenvalue weighted by molar-refractivity contribution is 0.0690. The fourth-order valence-electron chi connectivity index (χ4n) is 2.00. The Hall–Kier alpha value is -2.50. The average molecular weight is 270 g/mol. The first kappa shape index (κ1) is 12.5. The van der Waals surface area contributed by atoms with Crippen molar-refractivity contribution in [2.45, 2.75) is 25.3 Å². The third kappa shape index (κ3) is 2.59. The third-order valence-corrected chi connectivity index (χ3v) is 3.39. The molecule has 0 aliphatic heterocycles. The van der Waals surface area contributed by atoms with Crippen molar-refractivity contribution in [1.82, 2.24) is 19.7 Å². The Morgan fingerprint density at radius 2 is 2.05 bits per heavy atom. The van der Waals surface area contributed by atoms with E-state index >= 15 is 0 Å². The molecule has 1 fully saturated rings. The van der Waals surface area contributed by atoms with E-state index in [2.05, 4.69) is 15.1 Å². The highest BCUT2D eigenvalue weighted by Gasteiger charge is 2.19. The van der Waals surface area contributed by atoms with Crippen LogP contribution in [0, 0.1) is 0 Å². The number of hydrogen-bond acceptors (Lipinski definition) is 4. The fraction of sp³-hybridized carbons (Fsp3) is 0.286. The lowest BCUT2D eigenvalue weighted by atomic mass is 9.93. The van der Waals surface area contributed by atoms with E-state index in [1.807, 2.05) is 23.0 Å². The summed E-state index contributed by atoms with van der Waals surface area (Å²) in [6.07, 6.45) is 12.0. The predicted octanol–water partition coefficient (Wildman–Crippen LogP) is 2.27. The summed E-state index contributed by atoms with van der Waals surface area (Å²) in [5, 5.41) is 13.2. The van der Waals surface area contributed by atoms with Crippen molar-refractivity contribution in [3.63, 3.8) is 0 Å². The van der Waals surface area contributed by atoms with E-state index in [1.165, 1.54) is 31.7 Å². The van der Waals surface area contributed by atoms with E-state index in [4.69, 9.17) is 5.11 Å². The summed E-state index contributed by atoms with van der Waals surface area (Å²) >= 11 is 0. The molecule has 0 atom stereocenters. The molecule has 3 rings (SSSR count). The van der Waals surface area contributed by atoms with Gasteiger partial charge in [-0.3, -0.25) is 9.67 Å². The summed E-state index contributed by atoms with van der Waals surface area (Å²) in [4.78, 5) is 18.5. The van der Waals surface area contributed by atoms with E-state index in [-0.39, 0.29) is 5.69 Å². The molecule has 0 unspecified atom stereocenters. The number of carboxylic acid groups (broad SMARTS) is 1. The first-order chi connectivity index (χ1) is 9.72. The molecular formula is C14H14N4O2. The highest BCUT2D eigenvalue weighted by molar-refractivity contribution is 5.84. The van der Waals surface area contributed by atoms with Crippen LogP contribution in [-0.4, -0.2) is 30.8 Å². The molecule has 0 radical (unpaired) electrons. The maximum absolute atomic E-state index is 10.7. The molecule has 6 heteroatoms. The van der Waals surface area contributed by atoms with Gasteiger partial charge in [-0.25, -0.2) is 9.78 Å². The number of rotatable bonds is 4. The number of nitrogens with zero attached hydrogens (tertiary/aromatic N) is 4. The molecule has 2 heterocycles. The number of carbonyl (C=O) groups is 1. The second-order valence-corrected chi connectivity index (χ2v) is 4.77. The lowest BCUT2D eigenvalue weighted by Crippen LogP contribution is -2.17. The van der Waals surface area contributed by atoms with Gasteiger partial charge in [0.05, 0.1) is 29.8 Å². The molecule has 1 saturated carbocycles. The normalized spacial score (nSPS) is 15.4. The molecule has 0 amide bonds. The first-order valence-electron chi connectivity index (χ1n) is 6.51. The van der Waals surface area contributed by atoms with Gasteiger partial charge in [0.15, 0.2) is 5.69 Å². The molecular weight excluding hydrogens is 256 g/mol. The molecule has 0 saturated heterocycles. The van der Waals surface area contributed by atoms with Crippen LogP contribution in [0.4, 0.5) is 0 Å². The largest absolute Gasteiger partial charge is 0.476 e. The van der Waals surface area contributed by atoms with Crippen LogP contribution in [0.3, 0.4) is 0 Å². The van der Waals surface area contributed by atoms with E-state index in [1.54, 1.807) is 6.08 Å². The standard InChI is InChI=1S/C14H14N4O2/c19-14(20)13-9-15-11(8-16-13)5-4-10-6-7-18(17-10)12-2-1-3-12/h4-9,12H,1-3H2,(H,19,20)/b5-4+. The minimum Gasteiger partial charge on any atom is -0.476 e. The predicted molar refractivity (Wildman–Crippen MR) is 73.0 cm³/mol. The SMILES string of the molecule is O=C(O)c1cnc(/C=C/c2ccn(C3CCC3)n2)cn1. The molecule has 0 bridgehead atoms. The number of aromatic nitrogens is 4. The molecule has 1 N–H and O–H groups in total. The Labute approximate surface area is 115 Å². The van der Waals surface area contributed by atoms with Gasteiger partial charge in [-0.1, -0.05) is 0 Å². The van der Waals surface area contributed by atoms with Gasteiger partial charge in [0.2, 0.25) is 0 Å². The van der Waals surface area contributed by atoms with Crippen LogP contribution < -0.4 is 0 Å². The Kier molecular flexibility index (Phi) is 3.28. The zero-order valence-corrected chi connectivity index (χ0v) is 10.8. The minimum atomic E-state index is -1.08. The third-order valence-electron chi connectivity index (χ3n) is 3.39. The lowest BCUT2D eigenvalue weighted by Gasteiger charge is -2.25. The van der Waals surface area contributed by atoms with Crippen LogP contribution in [0.25, 0.3) is 12.2 Å². The van der Waals surface area contributed by atoms with E-state index in [9.17, 15) is 4.79 Å². The Morgan fingerprint density at radius 1 is 1.25 bits per heavy atom. The topological polar surface area (TPSA) is 80.9 Å². The van der Waals surface area contributed by atoms with Gasteiger partial charge in [0.1, 0.15) is 0 Å². The second-order valence-electron chi connectivity index (χ2n) is 4.77. The average Bonchev–Trinajstić information content (AvgIpc) is 2.83. The van der Waals surface area contributed by atoms with Crippen molar-refractivity contribution in [1.29, 1.82) is 0 Å². The van der Waals surface area contributed by atoms with Crippen molar-refractivity contribution in [2.24, 2.45) is 0 Å². The first-order valence-corrected chi connectivity index (χ1v) is 6.51. The quantitative estimate of drug-likeness (QED) is 0.921. The summed E-state index contributed by atoms with van der Waals surface area (Å²) in [5.41, 5.74) is 1.41. The second kappa shape index (κ2) is 5.24. The van der Waals surface area contributed by atoms with E-state index in [0.717, 1.165) is 5.69 Å².